The van der Waals surface area contributed by atoms with Crippen molar-refractivity contribution in [1.82, 2.24) is 0 Å². The van der Waals surface area contributed by atoms with Crippen LogP contribution in [-0.4, -0.2) is 20.8 Å². The second-order valence-corrected chi connectivity index (χ2v) is 4.07. The molecule has 3 nitrogen and oxygen atoms in total. The third kappa shape index (κ3) is 3.17. The molecule has 0 aliphatic heterocycles. The number of hydrogen-bond acceptors (Lipinski definition) is 3. The van der Waals surface area contributed by atoms with Crippen LogP contribution in [0, 0.1) is 5.82 Å². The Bertz CT molecular complexity index is 369. The van der Waals surface area contributed by atoms with Crippen molar-refractivity contribution < 1.29 is 13.9 Å². The molecule has 1 unspecified atom stereocenters. The maximum absolute atomic E-state index is 14.1. The lowest BCUT2D eigenvalue weighted by Crippen LogP contribution is -2.08. The highest BCUT2D eigenvalue weighted by Crippen LogP contribution is 2.32. The van der Waals surface area contributed by atoms with E-state index in [2.05, 4.69) is 0 Å². The number of rotatable bonds is 6. The molecule has 1 rings (SSSR count). The Balaban J connectivity index is 3.11. The van der Waals surface area contributed by atoms with Crippen molar-refractivity contribution in [2.75, 3.05) is 20.8 Å². The van der Waals surface area contributed by atoms with Crippen LogP contribution in [-0.2, 0) is 11.3 Å². The fourth-order valence-corrected chi connectivity index (χ4v) is 1.88. The van der Waals surface area contributed by atoms with Crippen molar-refractivity contribution in [3.63, 3.8) is 0 Å². The van der Waals surface area contributed by atoms with Crippen LogP contribution in [0.25, 0.3) is 0 Å². The lowest BCUT2D eigenvalue weighted by Gasteiger charge is -2.17. The average molecular weight is 241 g/mol. The van der Waals surface area contributed by atoms with Crippen LogP contribution in [0.15, 0.2) is 12.1 Å². The van der Waals surface area contributed by atoms with Gasteiger partial charge in [0.05, 0.1) is 13.7 Å². The van der Waals surface area contributed by atoms with Crippen LogP contribution in [0.5, 0.6) is 5.75 Å². The second-order valence-electron chi connectivity index (χ2n) is 4.07. The van der Waals surface area contributed by atoms with Crippen molar-refractivity contribution >= 4 is 0 Å². The largest absolute Gasteiger partial charge is 0.493 e. The fraction of sp³-hybridized carbons (Fsp3) is 0.538. The smallest absolute Gasteiger partial charge is 0.170 e. The minimum atomic E-state index is -0.337. The molecule has 96 valence electrons. The summed E-state index contributed by atoms with van der Waals surface area (Å²) in [5, 5.41) is 0. The predicted octanol–water partition coefficient (Wildman–Crippen LogP) is 2.43. The zero-order valence-corrected chi connectivity index (χ0v) is 10.6. The van der Waals surface area contributed by atoms with Gasteiger partial charge in [-0.3, -0.25) is 0 Å². The van der Waals surface area contributed by atoms with Crippen molar-refractivity contribution in [2.24, 2.45) is 5.73 Å². The van der Waals surface area contributed by atoms with Gasteiger partial charge in [0.25, 0.3) is 0 Å². The Morgan fingerprint density at radius 1 is 1.35 bits per heavy atom. The van der Waals surface area contributed by atoms with Gasteiger partial charge < -0.3 is 15.2 Å². The third-order valence-electron chi connectivity index (χ3n) is 2.84. The van der Waals surface area contributed by atoms with Crippen molar-refractivity contribution in [1.29, 1.82) is 0 Å². The number of methoxy groups -OCH3 is 2. The summed E-state index contributed by atoms with van der Waals surface area (Å²) in [5.74, 6) is 0.150. The van der Waals surface area contributed by atoms with E-state index in [4.69, 9.17) is 15.2 Å². The molecule has 1 atom stereocenters. The summed E-state index contributed by atoms with van der Waals surface area (Å²) in [7, 11) is 3.02. The first kappa shape index (κ1) is 13.9. The van der Waals surface area contributed by atoms with Gasteiger partial charge in [0, 0.05) is 18.2 Å². The molecule has 0 saturated heterocycles. The van der Waals surface area contributed by atoms with Crippen molar-refractivity contribution in [2.45, 2.75) is 25.9 Å². The minimum absolute atomic E-state index is 0.182. The van der Waals surface area contributed by atoms with Gasteiger partial charge in [-0.1, -0.05) is 19.1 Å². The van der Waals surface area contributed by atoms with E-state index >= 15 is 0 Å². The molecule has 17 heavy (non-hydrogen) atoms. The van der Waals surface area contributed by atoms with Crippen LogP contribution in [0.2, 0.25) is 0 Å². The van der Waals surface area contributed by atoms with Crippen LogP contribution in [0.3, 0.4) is 0 Å². The van der Waals surface area contributed by atoms with E-state index in [1.54, 1.807) is 6.07 Å². The van der Waals surface area contributed by atoms with E-state index in [0.29, 0.717) is 17.9 Å². The molecule has 0 aromatic heterocycles. The van der Waals surface area contributed by atoms with Crippen molar-refractivity contribution in [3.8, 4) is 5.75 Å². The van der Waals surface area contributed by atoms with Gasteiger partial charge in [-0.2, -0.15) is 0 Å². The highest BCUT2D eigenvalue weighted by atomic mass is 19.1. The number of benzene rings is 1. The van der Waals surface area contributed by atoms with Gasteiger partial charge in [-0.05, 0) is 18.9 Å². The van der Waals surface area contributed by atoms with E-state index < -0.39 is 0 Å². The van der Waals surface area contributed by atoms with Gasteiger partial charge in [0.15, 0.2) is 11.6 Å². The molecule has 0 heterocycles. The molecular formula is C13H20FNO2. The molecule has 1 aromatic rings. The number of hydrogen-bond donors (Lipinski definition) is 1. The van der Waals surface area contributed by atoms with Gasteiger partial charge in [0.2, 0.25) is 0 Å². The molecule has 4 heteroatoms. The van der Waals surface area contributed by atoms with E-state index in [9.17, 15) is 4.39 Å². The van der Waals surface area contributed by atoms with E-state index in [0.717, 1.165) is 12.0 Å². The maximum Gasteiger partial charge on any atom is 0.170 e. The fourth-order valence-electron chi connectivity index (χ4n) is 1.88. The normalized spacial score (nSPS) is 12.5. The molecule has 0 bridgehead atoms. The topological polar surface area (TPSA) is 44.5 Å². The molecule has 0 saturated carbocycles. The summed E-state index contributed by atoms with van der Waals surface area (Å²) in [5.41, 5.74) is 6.88. The average Bonchev–Trinajstić information content (AvgIpc) is 2.32. The second kappa shape index (κ2) is 6.57. The summed E-state index contributed by atoms with van der Waals surface area (Å²) >= 11 is 0. The first-order valence-electron chi connectivity index (χ1n) is 5.70. The SMILES string of the molecule is COCc1ccc(C(C)CCN)c(OC)c1F. The summed E-state index contributed by atoms with van der Waals surface area (Å²) in [4.78, 5) is 0. The molecule has 1 aromatic carbocycles. The molecule has 0 radical (unpaired) electrons. The molecular weight excluding hydrogens is 221 g/mol. The van der Waals surface area contributed by atoms with Crippen LogP contribution in [0.1, 0.15) is 30.4 Å². The van der Waals surface area contributed by atoms with Crippen LogP contribution < -0.4 is 10.5 Å². The Morgan fingerprint density at radius 3 is 2.59 bits per heavy atom. The Hall–Kier alpha value is -1.13. The lowest BCUT2D eigenvalue weighted by molar-refractivity contribution is 0.180. The third-order valence-corrected chi connectivity index (χ3v) is 2.84. The molecule has 0 aliphatic carbocycles. The predicted molar refractivity (Wildman–Crippen MR) is 65.8 cm³/mol. The van der Waals surface area contributed by atoms with E-state index in [-0.39, 0.29) is 18.3 Å². The Morgan fingerprint density at radius 2 is 2.06 bits per heavy atom. The maximum atomic E-state index is 14.1. The number of ether oxygens (including phenoxy) is 2. The number of halogens is 1. The Kier molecular flexibility index (Phi) is 5.38. The molecule has 2 N–H and O–H groups in total. The molecule has 0 aliphatic rings. The standard InChI is InChI=1S/C13H20FNO2/c1-9(6-7-15)11-5-4-10(8-16-2)12(14)13(11)17-3/h4-5,9H,6-8,15H2,1-3H3. The van der Waals surface area contributed by atoms with Gasteiger partial charge in [0.1, 0.15) is 0 Å². The summed E-state index contributed by atoms with van der Waals surface area (Å²) in [6.07, 6.45) is 0.805. The number of nitrogens with two attached hydrogens (primary N) is 1. The summed E-state index contributed by atoms with van der Waals surface area (Å²) < 4.78 is 24.2. The minimum Gasteiger partial charge on any atom is -0.493 e. The summed E-state index contributed by atoms with van der Waals surface area (Å²) in [6, 6.07) is 3.63. The quantitative estimate of drug-likeness (QED) is 0.832. The van der Waals surface area contributed by atoms with Crippen LogP contribution >= 0.6 is 0 Å². The van der Waals surface area contributed by atoms with Crippen LogP contribution in [0.4, 0.5) is 4.39 Å². The zero-order chi connectivity index (χ0) is 12.8. The van der Waals surface area contributed by atoms with E-state index in [1.165, 1.54) is 14.2 Å². The van der Waals surface area contributed by atoms with E-state index in [1.807, 2.05) is 13.0 Å². The first-order chi connectivity index (χ1) is 8.15. The highest BCUT2D eigenvalue weighted by molar-refractivity contribution is 5.41. The summed E-state index contributed by atoms with van der Waals surface area (Å²) in [6.45, 7) is 2.83. The van der Waals surface area contributed by atoms with Crippen molar-refractivity contribution in [3.05, 3.63) is 29.1 Å². The molecule has 0 spiro atoms. The molecule has 0 fully saturated rings. The molecule has 0 amide bonds. The highest BCUT2D eigenvalue weighted by Gasteiger charge is 2.17. The zero-order valence-electron chi connectivity index (χ0n) is 10.6. The van der Waals surface area contributed by atoms with Gasteiger partial charge in [-0.25, -0.2) is 4.39 Å². The Labute approximate surface area is 102 Å². The first-order valence-corrected chi connectivity index (χ1v) is 5.70. The lowest BCUT2D eigenvalue weighted by atomic mass is 9.95. The van der Waals surface area contributed by atoms with Gasteiger partial charge in [-0.15, -0.1) is 0 Å². The monoisotopic (exact) mass is 241 g/mol. The van der Waals surface area contributed by atoms with Gasteiger partial charge >= 0.3 is 0 Å².